The van der Waals surface area contributed by atoms with Crippen molar-refractivity contribution in [3.63, 3.8) is 0 Å². The van der Waals surface area contributed by atoms with Crippen LogP contribution in [0.5, 0.6) is 0 Å². The second kappa shape index (κ2) is 8.75. The van der Waals surface area contributed by atoms with Crippen LogP contribution in [0.25, 0.3) is 10.6 Å². The minimum Gasteiger partial charge on any atom is -0.326 e. The van der Waals surface area contributed by atoms with Crippen molar-refractivity contribution in [3.05, 3.63) is 65.4 Å². The van der Waals surface area contributed by atoms with E-state index in [1.165, 1.54) is 12.3 Å². The van der Waals surface area contributed by atoms with E-state index in [1.54, 1.807) is 42.5 Å². The highest BCUT2D eigenvalue weighted by Crippen LogP contribution is 2.27. The number of nitrogens with zero attached hydrogens (tertiary/aromatic N) is 1. The SMILES string of the molecule is CC(C)CC(=O)Nc1ccc(NC(=O)c2cnc(-c3ccccc3F)s2)cc1. The summed E-state index contributed by atoms with van der Waals surface area (Å²) in [6, 6.07) is 13.2. The Bertz CT molecular complexity index is 983. The second-order valence-corrected chi connectivity index (χ2v) is 7.72. The van der Waals surface area contributed by atoms with Gasteiger partial charge in [0.25, 0.3) is 5.91 Å². The van der Waals surface area contributed by atoms with Gasteiger partial charge in [0.05, 0.1) is 6.20 Å². The summed E-state index contributed by atoms with van der Waals surface area (Å²) >= 11 is 1.12. The molecule has 2 N–H and O–H groups in total. The van der Waals surface area contributed by atoms with Crippen molar-refractivity contribution in [3.8, 4) is 10.6 Å². The number of aromatic nitrogens is 1. The molecule has 0 bridgehead atoms. The van der Waals surface area contributed by atoms with E-state index in [0.717, 1.165) is 11.3 Å². The van der Waals surface area contributed by atoms with Crippen molar-refractivity contribution < 1.29 is 14.0 Å². The Kier molecular flexibility index (Phi) is 6.16. The lowest BCUT2D eigenvalue weighted by molar-refractivity contribution is -0.116. The van der Waals surface area contributed by atoms with E-state index in [4.69, 9.17) is 0 Å². The Morgan fingerprint density at radius 2 is 1.68 bits per heavy atom. The van der Waals surface area contributed by atoms with Crippen LogP contribution in [0.2, 0.25) is 0 Å². The quantitative estimate of drug-likeness (QED) is 0.602. The van der Waals surface area contributed by atoms with E-state index in [0.29, 0.717) is 33.2 Å². The number of nitrogens with one attached hydrogen (secondary N) is 2. The first-order valence-corrected chi connectivity index (χ1v) is 9.66. The molecule has 0 atom stereocenters. The lowest BCUT2D eigenvalue weighted by Gasteiger charge is -2.08. The first kappa shape index (κ1) is 19.7. The second-order valence-electron chi connectivity index (χ2n) is 6.69. The number of carbonyl (C=O) groups excluding carboxylic acids is 2. The van der Waals surface area contributed by atoms with Gasteiger partial charge in [0.1, 0.15) is 15.7 Å². The first-order chi connectivity index (χ1) is 13.4. The highest BCUT2D eigenvalue weighted by molar-refractivity contribution is 7.17. The summed E-state index contributed by atoms with van der Waals surface area (Å²) in [5, 5.41) is 6.04. The fraction of sp³-hybridized carbons (Fsp3) is 0.190. The summed E-state index contributed by atoms with van der Waals surface area (Å²) in [7, 11) is 0. The first-order valence-electron chi connectivity index (χ1n) is 8.84. The van der Waals surface area contributed by atoms with Gasteiger partial charge in [-0.05, 0) is 42.3 Å². The van der Waals surface area contributed by atoms with Crippen molar-refractivity contribution in [1.29, 1.82) is 0 Å². The largest absolute Gasteiger partial charge is 0.326 e. The molecular formula is C21H20FN3O2S. The molecule has 144 valence electrons. The Labute approximate surface area is 166 Å². The van der Waals surface area contributed by atoms with Crippen molar-refractivity contribution in [2.75, 3.05) is 10.6 Å². The van der Waals surface area contributed by atoms with E-state index in [9.17, 15) is 14.0 Å². The fourth-order valence-corrected chi connectivity index (χ4v) is 3.39. The van der Waals surface area contributed by atoms with E-state index in [2.05, 4.69) is 15.6 Å². The maximum Gasteiger partial charge on any atom is 0.267 e. The van der Waals surface area contributed by atoms with Crippen LogP contribution in [-0.4, -0.2) is 16.8 Å². The molecule has 0 aliphatic heterocycles. The highest BCUT2D eigenvalue weighted by atomic mass is 32.1. The zero-order chi connectivity index (χ0) is 20.1. The lowest BCUT2D eigenvalue weighted by atomic mass is 10.1. The molecule has 1 heterocycles. The van der Waals surface area contributed by atoms with E-state index >= 15 is 0 Å². The monoisotopic (exact) mass is 397 g/mol. The summed E-state index contributed by atoms with van der Waals surface area (Å²) in [4.78, 5) is 28.8. The average Bonchev–Trinajstić information content (AvgIpc) is 3.13. The van der Waals surface area contributed by atoms with Crippen LogP contribution in [0.3, 0.4) is 0 Å². The van der Waals surface area contributed by atoms with Gasteiger partial charge >= 0.3 is 0 Å². The van der Waals surface area contributed by atoms with Crippen LogP contribution in [0.15, 0.2) is 54.7 Å². The predicted octanol–water partition coefficient (Wildman–Crippen LogP) is 5.19. The van der Waals surface area contributed by atoms with Crippen molar-refractivity contribution in [2.45, 2.75) is 20.3 Å². The molecule has 0 fully saturated rings. The molecule has 0 aliphatic rings. The normalized spacial score (nSPS) is 10.7. The lowest BCUT2D eigenvalue weighted by Crippen LogP contribution is -2.14. The van der Waals surface area contributed by atoms with Gasteiger partial charge in [-0.1, -0.05) is 26.0 Å². The molecule has 0 spiro atoms. The van der Waals surface area contributed by atoms with E-state index in [-0.39, 0.29) is 23.5 Å². The third-order valence-corrected chi connectivity index (χ3v) is 4.88. The van der Waals surface area contributed by atoms with Gasteiger partial charge in [-0.2, -0.15) is 0 Å². The third-order valence-electron chi connectivity index (χ3n) is 3.85. The van der Waals surface area contributed by atoms with Crippen LogP contribution in [0, 0.1) is 11.7 Å². The summed E-state index contributed by atoms with van der Waals surface area (Å²) in [6.07, 6.45) is 1.89. The summed E-state index contributed by atoms with van der Waals surface area (Å²) in [5.41, 5.74) is 1.63. The summed E-state index contributed by atoms with van der Waals surface area (Å²) < 4.78 is 13.9. The Morgan fingerprint density at radius 1 is 1.04 bits per heavy atom. The maximum absolute atomic E-state index is 13.9. The molecule has 7 heteroatoms. The van der Waals surface area contributed by atoms with Crippen LogP contribution in [0.1, 0.15) is 29.9 Å². The molecular weight excluding hydrogens is 377 g/mol. The van der Waals surface area contributed by atoms with Gasteiger partial charge in [0.15, 0.2) is 0 Å². The number of amides is 2. The molecule has 1 aromatic heterocycles. The summed E-state index contributed by atoms with van der Waals surface area (Å²) in [5.74, 6) is -0.458. The zero-order valence-corrected chi connectivity index (χ0v) is 16.3. The molecule has 3 rings (SSSR count). The Balaban J connectivity index is 1.64. The molecule has 0 radical (unpaired) electrons. The van der Waals surface area contributed by atoms with Crippen LogP contribution in [0.4, 0.5) is 15.8 Å². The Hall–Kier alpha value is -3.06. The number of hydrogen-bond acceptors (Lipinski definition) is 4. The van der Waals surface area contributed by atoms with Gasteiger partial charge in [0.2, 0.25) is 5.91 Å². The number of hydrogen-bond donors (Lipinski definition) is 2. The predicted molar refractivity (Wildman–Crippen MR) is 110 cm³/mol. The van der Waals surface area contributed by atoms with Crippen molar-refractivity contribution in [2.24, 2.45) is 5.92 Å². The standard InChI is InChI=1S/C21H20FN3O2S/c1-13(2)11-19(26)24-14-7-9-15(10-8-14)25-20(27)18-12-23-21(28-18)16-5-3-4-6-17(16)22/h3-10,12-13H,11H2,1-2H3,(H,24,26)(H,25,27). The molecule has 28 heavy (non-hydrogen) atoms. The molecule has 3 aromatic rings. The minimum absolute atomic E-state index is 0.0443. The van der Waals surface area contributed by atoms with E-state index < -0.39 is 0 Å². The summed E-state index contributed by atoms with van der Waals surface area (Å²) in [6.45, 7) is 3.96. The maximum atomic E-state index is 13.9. The van der Waals surface area contributed by atoms with Gasteiger partial charge < -0.3 is 10.6 Å². The molecule has 0 saturated carbocycles. The molecule has 0 unspecified atom stereocenters. The molecule has 0 saturated heterocycles. The molecule has 2 amide bonds. The van der Waals surface area contributed by atoms with Crippen molar-refractivity contribution >= 4 is 34.5 Å². The average molecular weight is 397 g/mol. The number of rotatable bonds is 6. The molecule has 5 nitrogen and oxygen atoms in total. The van der Waals surface area contributed by atoms with Gasteiger partial charge in [-0.15, -0.1) is 11.3 Å². The van der Waals surface area contributed by atoms with Crippen LogP contribution in [-0.2, 0) is 4.79 Å². The van der Waals surface area contributed by atoms with Crippen LogP contribution < -0.4 is 10.6 Å². The van der Waals surface area contributed by atoms with Gasteiger partial charge in [-0.25, -0.2) is 9.37 Å². The van der Waals surface area contributed by atoms with E-state index in [1.807, 2.05) is 13.8 Å². The van der Waals surface area contributed by atoms with Crippen molar-refractivity contribution in [1.82, 2.24) is 4.98 Å². The van der Waals surface area contributed by atoms with Gasteiger partial charge in [0, 0.05) is 23.4 Å². The fourth-order valence-electron chi connectivity index (χ4n) is 2.55. The molecule has 0 aliphatic carbocycles. The number of anilines is 2. The number of carbonyl (C=O) groups is 2. The highest BCUT2D eigenvalue weighted by Gasteiger charge is 2.14. The Morgan fingerprint density at radius 3 is 2.32 bits per heavy atom. The topological polar surface area (TPSA) is 71.1 Å². The zero-order valence-electron chi connectivity index (χ0n) is 15.5. The van der Waals surface area contributed by atoms with Gasteiger partial charge in [-0.3, -0.25) is 9.59 Å². The molecule has 2 aromatic carbocycles. The number of benzene rings is 2. The van der Waals surface area contributed by atoms with Crippen LogP contribution >= 0.6 is 11.3 Å². The third kappa shape index (κ3) is 5.01. The number of thiazole rings is 1. The number of halogens is 1. The smallest absolute Gasteiger partial charge is 0.267 e. The minimum atomic E-state index is -0.376.